The number of primary amides is 1. The number of carbonyl (C=O) groups is 2. The van der Waals surface area contributed by atoms with Gasteiger partial charge in [-0.15, -0.1) is 0 Å². The van der Waals surface area contributed by atoms with Crippen LogP contribution in [0.5, 0.6) is 5.88 Å². The molecule has 1 fully saturated rings. The first kappa shape index (κ1) is 18.4. The quantitative estimate of drug-likeness (QED) is 0.659. The van der Waals surface area contributed by atoms with Gasteiger partial charge in [0.2, 0.25) is 11.8 Å². The van der Waals surface area contributed by atoms with Gasteiger partial charge < -0.3 is 20.9 Å². The Morgan fingerprint density at radius 1 is 1.41 bits per heavy atom. The highest BCUT2D eigenvalue weighted by molar-refractivity contribution is 5.91. The molecule has 8 nitrogen and oxygen atoms in total. The molecule has 0 spiro atoms. The highest BCUT2D eigenvalue weighted by Gasteiger charge is 2.40. The average Bonchev–Trinajstić information content (AvgIpc) is 3.07. The molecule has 0 saturated carbocycles. The Morgan fingerprint density at radius 3 is 2.85 bits per heavy atom. The third kappa shape index (κ3) is 3.73. The summed E-state index contributed by atoms with van der Waals surface area (Å²) in [5, 5.41) is 12.3. The first-order chi connectivity index (χ1) is 13.0. The maximum absolute atomic E-state index is 12.0. The fourth-order valence-electron chi connectivity index (χ4n) is 2.69. The van der Waals surface area contributed by atoms with Gasteiger partial charge >= 0.3 is 0 Å². The van der Waals surface area contributed by atoms with Crippen molar-refractivity contribution in [1.82, 2.24) is 15.3 Å². The fraction of sp³-hybridized carbons (Fsp3) is 0.263. The molecule has 0 bridgehead atoms. The summed E-state index contributed by atoms with van der Waals surface area (Å²) >= 11 is 0. The van der Waals surface area contributed by atoms with Crippen LogP contribution in [0.1, 0.15) is 22.5 Å². The van der Waals surface area contributed by atoms with E-state index in [2.05, 4.69) is 27.1 Å². The van der Waals surface area contributed by atoms with Crippen LogP contribution < -0.4 is 15.8 Å². The van der Waals surface area contributed by atoms with Crippen LogP contribution in [-0.4, -0.2) is 47.2 Å². The van der Waals surface area contributed by atoms with Gasteiger partial charge in [-0.1, -0.05) is 24.0 Å². The largest absolute Gasteiger partial charge is 0.481 e. The van der Waals surface area contributed by atoms with Crippen molar-refractivity contribution in [2.24, 2.45) is 11.1 Å². The highest BCUT2D eigenvalue weighted by atomic mass is 16.5. The Bertz CT molecular complexity index is 964. The molecule has 3 rings (SSSR count). The van der Waals surface area contributed by atoms with Gasteiger partial charge in [0.15, 0.2) is 5.82 Å². The van der Waals surface area contributed by atoms with Crippen molar-refractivity contribution in [3.8, 4) is 29.1 Å². The summed E-state index contributed by atoms with van der Waals surface area (Å²) in [6.07, 6.45) is 0.454. The van der Waals surface area contributed by atoms with E-state index in [-0.39, 0.29) is 29.9 Å². The lowest BCUT2D eigenvalue weighted by Crippen LogP contribution is -2.33. The number of benzene rings is 1. The summed E-state index contributed by atoms with van der Waals surface area (Å²) < 4.78 is 5.09. The van der Waals surface area contributed by atoms with Gasteiger partial charge in [0.1, 0.15) is 11.1 Å². The van der Waals surface area contributed by atoms with Crippen molar-refractivity contribution in [3.63, 3.8) is 0 Å². The van der Waals surface area contributed by atoms with Crippen LogP contribution in [-0.2, 0) is 4.79 Å². The van der Waals surface area contributed by atoms with Crippen molar-refractivity contribution >= 4 is 11.8 Å². The summed E-state index contributed by atoms with van der Waals surface area (Å²) in [4.78, 5) is 31.8. The van der Waals surface area contributed by atoms with E-state index >= 15 is 0 Å². The molecule has 1 aliphatic heterocycles. The average molecular weight is 366 g/mol. The van der Waals surface area contributed by atoms with Crippen LogP contribution in [0.4, 0.5) is 0 Å². The smallest absolute Gasteiger partial charge is 0.267 e. The SMILES string of the molecule is COc1cc(C(N)=O)nc(-c2cccc(C#C[C@@]3(CO)CCNC3=O)c2)n1. The zero-order valence-corrected chi connectivity index (χ0v) is 14.7. The molecule has 0 aliphatic carbocycles. The van der Waals surface area contributed by atoms with Crippen LogP contribution in [0.15, 0.2) is 30.3 Å². The maximum atomic E-state index is 12.0. The van der Waals surface area contributed by atoms with Gasteiger partial charge in [-0.2, -0.15) is 4.98 Å². The Kier molecular flexibility index (Phi) is 5.05. The third-order valence-corrected chi connectivity index (χ3v) is 4.27. The predicted octanol–water partition coefficient (Wildman–Crippen LogP) is 0.101. The molecule has 1 aliphatic rings. The molecular weight excluding hydrogens is 348 g/mol. The molecule has 0 radical (unpaired) electrons. The van der Waals surface area contributed by atoms with E-state index in [9.17, 15) is 14.7 Å². The zero-order chi connectivity index (χ0) is 19.4. The second kappa shape index (κ2) is 7.43. The summed E-state index contributed by atoms with van der Waals surface area (Å²) in [6, 6.07) is 8.37. The number of rotatable bonds is 4. The highest BCUT2D eigenvalue weighted by Crippen LogP contribution is 2.25. The number of nitrogens with two attached hydrogens (primary N) is 1. The number of hydrogen-bond acceptors (Lipinski definition) is 6. The number of carbonyl (C=O) groups excluding carboxylic acids is 2. The van der Waals surface area contributed by atoms with E-state index in [0.717, 1.165) is 0 Å². The lowest BCUT2D eigenvalue weighted by Gasteiger charge is -2.15. The molecule has 2 amide bonds. The van der Waals surface area contributed by atoms with Gasteiger partial charge in [0.05, 0.1) is 13.7 Å². The minimum absolute atomic E-state index is 0.0372. The number of hydrogen-bond donors (Lipinski definition) is 3. The molecule has 1 atom stereocenters. The number of amides is 2. The number of aliphatic hydroxyl groups is 1. The molecule has 4 N–H and O–H groups in total. The van der Waals surface area contributed by atoms with Crippen LogP contribution in [0.25, 0.3) is 11.4 Å². The molecule has 2 heterocycles. The second-order valence-corrected chi connectivity index (χ2v) is 6.06. The van der Waals surface area contributed by atoms with Gasteiger partial charge in [-0.3, -0.25) is 9.59 Å². The van der Waals surface area contributed by atoms with Gasteiger partial charge in [0, 0.05) is 23.7 Å². The number of aliphatic hydroxyl groups excluding tert-OH is 1. The van der Waals surface area contributed by atoms with Crippen molar-refractivity contribution in [2.75, 3.05) is 20.3 Å². The lowest BCUT2D eigenvalue weighted by atomic mass is 9.88. The van der Waals surface area contributed by atoms with E-state index in [1.54, 1.807) is 24.3 Å². The molecule has 27 heavy (non-hydrogen) atoms. The van der Waals surface area contributed by atoms with Gasteiger partial charge in [0.25, 0.3) is 5.91 Å². The Morgan fingerprint density at radius 2 is 2.22 bits per heavy atom. The predicted molar refractivity (Wildman–Crippen MR) is 96.6 cm³/mol. The summed E-state index contributed by atoms with van der Waals surface area (Å²) in [5.41, 5.74) is 5.49. The number of ether oxygens (including phenoxy) is 1. The van der Waals surface area contributed by atoms with E-state index in [4.69, 9.17) is 10.5 Å². The first-order valence-electron chi connectivity index (χ1n) is 8.23. The molecule has 2 aromatic rings. The van der Waals surface area contributed by atoms with Crippen molar-refractivity contribution in [3.05, 3.63) is 41.6 Å². The van der Waals surface area contributed by atoms with Crippen LogP contribution >= 0.6 is 0 Å². The van der Waals surface area contributed by atoms with Gasteiger partial charge in [-0.25, -0.2) is 4.98 Å². The third-order valence-electron chi connectivity index (χ3n) is 4.27. The summed E-state index contributed by atoms with van der Waals surface area (Å²) in [7, 11) is 1.43. The van der Waals surface area contributed by atoms with E-state index in [1.807, 2.05) is 0 Å². The van der Waals surface area contributed by atoms with E-state index < -0.39 is 11.3 Å². The minimum Gasteiger partial charge on any atom is -0.481 e. The van der Waals surface area contributed by atoms with Crippen LogP contribution in [0, 0.1) is 17.3 Å². The topological polar surface area (TPSA) is 127 Å². The number of methoxy groups -OCH3 is 1. The maximum Gasteiger partial charge on any atom is 0.267 e. The van der Waals surface area contributed by atoms with E-state index in [1.165, 1.54) is 13.2 Å². The fourth-order valence-corrected chi connectivity index (χ4v) is 2.69. The summed E-state index contributed by atoms with van der Waals surface area (Å²) in [6.45, 7) is 0.147. The Balaban J connectivity index is 1.98. The number of aromatic nitrogens is 2. The molecular formula is C19H18N4O4. The second-order valence-electron chi connectivity index (χ2n) is 6.06. The Hall–Kier alpha value is -3.44. The van der Waals surface area contributed by atoms with Crippen molar-refractivity contribution in [1.29, 1.82) is 0 Å². The van der Waals surface area contributed by atoms with Crippen molar-refractivity contribution < 1.29 is 19.4 Å². The first-order valence-corrected chi connectivity index (χ1v) is 8.23. The normalized spacial score (nSPS) is 18.4. The number of nitrogens with one attached hydrogen (secondary N) is 1. The Labute approximate surface area is 155 Å². The molecule has 1 aromatic heterocycles. The molecule has 8 heteroatoms. The van der Waals surface area contributed by atoms with Crippen molar-refractivity contribution in [2.45, 2.75) is 6.42 Å². The van der Waals surface area contributed by atoms with Gasteiger partial charge in [-0.05, 0) is 18.6 Å². The molecule has 0 unspecified atom stereocenters. The minimum atomic E-state index is -1.08. The zero-order valence-electron chi connectivity index (χ0n) is 14.7. The van der Waals surface area contributed by atoms with E-state index in [0.29, 0.717) is 24.1 Å². The van der Waals surface area contributed by atoms with Crippen LogP contribution in [0.3, 0.4) is 0 Å². The summed E-state index contributed by atoms with van der Waals surface area (Å²) in [5.74, 6) is 5.35. The molecule has 138 valence electrons. The molecule has 1 saturated heterocycles. The molecule has 1 aromatic carbocycles. The monoisotopic (exact) mass is 366 g/mol. The number of nitrogens with zero attached hydrogens (tertiary/aromatic N) is 2. The standard InChI is InChI=1S/C19H18N4O4/c1-27-15-10-14(16(20)25)22-17(23-15)13-4-2-3-12(9-13)5-6-19(11-24)7-8-21-18(19)26/h2-4,9-10,24H,7-8,11H2,1H3,(H2,20,25)(H,21,26)/t19-/m0/s1. The lowest BCUT2D eigenvalue weighted by molar-refractivity contribution is -0.126. The van der Waals surface area contributed by atoms with Crippen LogP contribution in [0.2, 0.25) is 0 Å².